The van der Waals surface area contributed by atoms with Crippen LogP contribution < -0.4 is 4.74 Å². The van der Waals surface area contributed by atoms with Gasteiger partial charge in [0, 0.05) is 5.56 Å². The third-order valence-corrected chi connectivity index (χ3v) is 4.33. The number of nitrogens with zero attached hydrogens (tertiary/aromatic N) is 2. The Morgan fingerprint density at radius 3 is 1.90 bits per heavy atom. The Hall–Kier alpha value is -3.88. The number of fused-ring (bicyclic) bond motifs is 1. The van der Waals surface area contributed by atoms with Crippen LogP contribution in [0.5, 0.6) is 5.75 Å². The topological polar surface area (TPSA) is 105 Å². The Kier molecular flexibility index (Phi) is 5.49. The molecule has 0 unspecified atom stereocenters. The average Bonchev–Trinajstić information content (AvgIpc) is 3.11. The van der Waals surface area contributed by atoms with Gasteiger partial charge in [-0.15, -0.1) is 0 Å². The van der Waals surface area contributed by atoms with E-state index >= 15 is 0 Å². The Morgan fingerprint density at radius 2 is 1.34 bits per heavy atom. The lowest BCUT2D eigenvalue weighted by Crippen LogP contribution is -2.16. The Labute approximate surface area is 165 Å². The highest BCUT2D eigenvalue weighted by molar-refractivity contribution is 6.14. The van der Waals surface area contributed by atoms with Gasteiger partial charge in [-0.2, -0.15) is 5.10 Å². The zero-order valence-corrected chi connectivity index (χ0v) is 16.2. The fraction of sp³-hybridized carbons (Fsp3) is 0.200. The highest BCUT2D eigenvalue weighted by Crippen LogP contribution is 2.28. The highest BCUT2D eigenvalue weighted by atomic mass is 16.5. The molecule has 0 aliphatic carbocycles. The minimum Gasteiger partial charge on any atom is -0.497 e. The first kappa shape index (κ1) is 19.9. The maximum atomic E-state index is 12.5. The Balaban J connectivity index is 2.34. The van der Waals surface area contributed by atoms with Gasteiger partial charge in [-0.05, 0) is 36.4 Å². The Morgan fingerprint density at radius 1 is 0.759 bits per heavy atom. The maximum absolute atomic E-state index is 12.5. The number of hydrogen-bond acceptors (Lipinski definition) is 8. The first-order valence-electron chi connectivity index (χ1n) is 8.41. The molecule has 1 aromatic carbocycles. The SMILES string of the molecule is COC(=O)c1c(C(=O)OC)c2ccc(-c3ccc(OC)cc3)nn2c1C(=O)OC. The first-order valence-corrected chi connectivity index (χ1v) is 8.41. The summed E-state index contributed by atoms with van der Waals surface area (Å²) in [6, 6.07) is 10.3. The molecule has 0 aliphatic heterocycles. The van der Waals surface area contributed by atoms with Crippen LogP contribution in [0.15, 0.2) is 36.4 Å². The van der Waals surface area contributed by atoms with Gasteiger partial charge in [-0.25, -0.2) is 18.9 Å². The van der Waals surface area contributed by atoms with Gasteiger partial charge in [0.15, 0.2) is 5.69 Å². The lowest BCUT2D eigenvalue weighted by molar-refractivity contribution is 0.0536. The normalized spacial score (nSPS) is 10.5. The summed E-state index contributed by atoms with van der Waals surface area (Å²) in [6.07, 6.45) is 0. The monoisotopic (exact) mass is 398 g/mol. The number of carbonyl (C=O) groups excluding carboxylic acids is 3. The van der Waals surface area contributed by atoms with E-state index < -0.39 is 17.9 Å². The number of rotatable bonds is 5. The van der Waals surface area contributed by atoms with E-state index in [-0.39, 0.29) is 22.3 Å². The number of benzene rings is 1. The van der Waals surface area contributed by atoms with Crippen molar-refractivity contribution in [1.29, 1.82) is 0 Å². The van der Waals surface area contributed by atoms with Gasteiger partial charge in [-0.1, -0.05) is 0 Å². The fourth-order valence-electron chi connectivity index (χ4n) is 2.95. The molecule has 0 saturated heterocycles. The molecule has 2 heterocycles. The van der Waals surface area contributed by atoms with Crippen LogP contribution in [0.3, 0.4) is 0 Å². The minimum atomic E-state index is -0.887. The van der Waals surface area contributed by atoms with Crippen LogP contribution in [-0.2, 0) is 14.2 Å². The molecule has 0 fully saturated rings. The zero-order valence-electron chi connectivity index (χ0n) is 16.2. The van der Waals surface area contributed by atoms with Gasteiger partial charge in [0.25, 0.3) is 0 Å². The summed E-state index contributed by atoms with van der Waals surface area (Å²) >= 11 is 0. The summed E-state index contributed by atoms with van der Waals surface area (Å²) in [6.45, 7) is 0. The lowest BCUT2D eigenvalue weighted by Gasteiger charge is -2.06. The third kappa shape index (κ3) is 3.38. The predicted molar refractivity (Wildman–Crippen MR) is 101 cm³/mol. The number of esters is 3. The van der Waals surface area contributed by atoms with E-state index in [0.717, 1.165) is 19.8 Å². The molecular formula is C20H18N2O7. The number of ether oxygens (including phenoxy) is 4. The molecule has 0 bridgehead atoms. The molecule has 0 spiro atoms. The highest BCUT2D eigenvalue weighted by Gasteiger charge is 2.34. The number of carbonyl (C=O) groups is 3. The van der Waals surface area contributed by atoms with Gasteiger partial charge >= 0.3 is 17.9 Å². The van der Waals surface area contributed by atoms with Crippen LogP contribution in [-0.4, -0.2) is 56.0 Å². The second-order valence-corrected chi connectivity index (χ2v) is 5.82. The van der Waals surface area contributed by atoms with Crippen LogP contribution >= 0.6 is 0 Å². The summed E-state index contributed by atoms with van der Waals surface area (Å²) in [7, 11) is 5.03. The van der Waals surface area contributed by atoms with Crippen molar-refractivity contribution in [3.8, 4) is 17.0 Å². The molecule has 0 radical (unpaired) electrons. The second kappa shape index (κ2) is 8.01. The van der Waals surface area contributed by atoms with E-state index in [0.29, 0.717) is 11.4 Å². The van der Waals surface area contributed by atoms with Crippen molar-refractivity contribution in [1.82, 2.24) is 9.61 Å². The van der Waals surface area contributed by atoms with Crippen LogP contribution in [0.25, 0.3) is 16.8 Å². The Bertz CT molecular complexity index is 1100. The minimum absolute atomic E-state index is 0.131. The van der Waals surface area contributed by atoms with Crippen molar-refractivity contribution in [2.45, 2.75) is 0 Å². The fourth-order valence-corrected chi connectivity index (χ4v) is 2.95. The largest absolute Gasteiger partial charge is 0.497 e. The second-order valence-electron chi connectivity index (χ2n) is 5.82. The molecular weight excluding hydrogens is 380 g/mol. The molecule has 9 heteroatoms. The number of methoxy groups -OCH3 is 4. The number of aromatic nitrogens is 2. The van der Waals surface area contributed by atoms with Crippen LogP contribution in [0.2, 0.25) is 0 Å². The molecule has 150 valence electrons. The average molecular weight is 398 g/mol. The summed E-state index contributed by atoms with van der Waals surface area (Å²) in [5.74, 6) is -1.87. The van der Waals surface area contributed by atoms with Crippen molar-refractivity contribution in [3.63, 3.8) is 0 Å². The van der Waals surface area contributed by atoms with Crippen molar-refractivity contribution in [2.24, 2.45) is 0 Å². The maximum Gasteiger partial charge on any atom is 0.357 e. The van der Waals surface area contributed by atoms with Gasteiger partial charge in [0.2, 0.25) is 0 Å². The predicted octanol–water partition coefficient (Wildman–Crippen LogP) is 2.37. The molecule has 0 aliphatic rings. The van der Waals surface area contributed by atoms with Crippen molar-refractivity contribution in [3.05, 3.63) is 53.2 Å². The molecule has 0 amide bonds. The van der Waals surface area contributed by atoms with Gasteiger partial charge < -0.3 is 18.9 Å². The molecule has 29 heavy (non-hydrogen) atoms. The van der Waals surface area contributed by atoms with Crippen LogP contribution in [0.4, 0.5) is 0 Å². The standard InChI is InChI=1S/C20H18N2O7/c1-26-12-7-5-11(6-8-12)13-9-10-14-15(18(23)27-2)16(19(24)28-3)17(20(25)29-4)22(14)21-13/h5-10H,1-4H3. The molecule has 0 N–H and O–H groups in total. The van der Waals surface area contributed by atoms with E-state index in [9.17, 15) is 14.4 Å². The zero-order chi connectivity index (χ0) is 21.1. The smallest absolute Gasteiger partial charge is 0.357 e. The molecule has 0 atom stereocenters. The van der Waals surface area contributed by atoms with Crippen LogP contribution in [0, 0.1) is 0 Å². The molecule has 3 aromatic rings. The number of hydrogen-bond donors (Lipinski definition) is 0. The van der Waals surface area contributed by atoms with Gasteiger partial charge in [0.1, 0.15) is 16.9 Å². The molecule has 3 rings (SSSR count). The third-order valence-electron chi connectivity index (χ3n) is 4.33. The van der Waals surface area contributed by atoms with E-state index in [1.54, 1.807) is 43.5 Å². The summed E-state index contributed by atoms with van der Waals surface area (Å²) in [4.78, 5) is 37.2. The lowest BCUT2D eigenvalue weighted by atomic mass is 10.1. The van der Waals surface area contributed by atoms with Crippen molar-refractivity contribution < 1.29 is 33.3 Å². The van der Waals surface area contributed by atoms with E-state index in [4.69, 9.17) is 18.9 Å². The van der Waals surface area contributed by atoms with Gasteiger partial charge in [0.05, 0.1) is 39.6 Å². The summed E-state index contributed by atoms with van der Waals surface area (Å²) in [5, 5.41) is 4.44. The van der Waals surface area contributed by atoms with Crippen molar-refractivity contribution >= 4 is 23.4 Å². The summed E-state index contributed by atoms with van der Waals surface area (Å²) in [5.41, 5.74) is 0.795. The van der Waals surface area contributed by atoms with Crippen LogP contribution in [0.1, 0.15) is 31.2 Å². The summed E-state index contributed by atoms with van der Waals surface area (Å²) < 4.78 is 20.7. The van der Waals surface area contributed by atoms with E-state index in [1.165, 1.54) is 11.6 Å². The molecule has 9 nitrogen and oxygen atoms in total. The van der Waals surface area contributed by atoms with E-state index in [2.05, 4.69) is 5.10 Å². The van der Waals surface area contributed by atoms with Crippen molar-refractivity contribution in [2.75, 3.05) is 28.4 Å². The van der Waals surface area contributed by atoms with Gasteiger partial charge in [-0.3, -0.25) is 0 Å². The quantitative estimate of drug-likeness (QED) is 0.476. The first-order chi connectivity index (χ1) is 14.0. The van der Waals surface area contributed by atoms with E-state index in [1.807, 2.05) is 0 Å². The molecule has 0 saturated carbocycles. The molecule has 2 aromatic heterocycles.